The van der Waals surface area contributed by atoms with Gasteiger partial charge in [0.1, 0.15) is 0 Å². The van der Waals surface area contributed by atoms with E-state index in [9.17, 15) is 4.79 Å². The van der Waals surface area contributed by atoms with E-state index in [0.717, 1.165) is 18.7 Å². The molecule has 4 aromatic carbocycles. The molecule has 1 amide bonds. The van der Waals surface area contributed by atoms with Crippen LogP contribution < -0.4 is 15.9 Å². The van der Waals surface area contributed by atoms with Gasteiger partial charge in [0, 0.05) is 0 Å². The first-order chi connectivity index (χ1) is 17.2. The summed E-state index contributed by atoms with van der Waals surface area (Å²) in [6.07, 6.45) is 0. The zero-order valence-electron chi connectivity index (χ0n) is 20.0. The van der Waals surface area contributed by atoms with Crippen LogP contribution in [0.25, 0.3) is 0 Å². The summed E-state index contributed by atoms with van der Waals surface area (Å²) in [5.41, 5.74) is 1.58. The number of carbonyl (C=O) groups excluding carboxylic acids is 1. The van der Waals surface area contributed by atoms with Gasteiger partial charge in [0.2, 0.25) is 0 Å². The molecule has 0 unspecified atom stereocenters. The van der Waals surface area contributed by atoms with Gasteiger partial charge in [-0.15, -0.1) is 0 Å². The Bertz CT molecular complexity index is 1150. The van der Waals surface area contributed by atoms with E-state index in [4.69, 9.17) is 0 Å². The number of hydrogen-bond donors (Lipinski definition) is 0. The van der Waals surface area contributed by atoms with Crippen LogP contribution in [-0.4, -0.2) is 23.9 Å². The van der Waals surface area contributed by atoms with E-state index in [1.807, 2.05) is 38.1 Å². The van der Waals surface area contributed by atoms with Gasteiger partial charge in [-0.3, -0.25) is 0 Å². The van der Waals surface area contributed by atoms with Crippen molar-refractivity contribution >= 4 is 29.7 Å². The van der Waals surface area contributed by atoms with Gasteiger partial charge in [0.15, 0.2) is 0 Å². The van der Waals surface area contributed by atoms with E-state index in [0.29, 0.717) is 5.56 Å². The summed E-state index contributed by atoms with van der Waals surface area (Å²) in [4.78, 5) is 13.8. The molecule has 0 saturated heterocycles. The zero-order chi connectivity index (χ0) is 24.9. The van der Waals surface area contributed by atoms with Crippen molar-refractivity contribution in [2.75, 3.05) is 13.1 Å². The first-order valence-electron chi connectivity index (χ1n) is 11.6. The molecule has 4 heteroatoms. The maximum Gasteiger partial charge on any atom is -0.0134 e. The average molecular weight is 660 g/mol. The zero-order valence-corrected chi connectivity index (χ0v) is 23.0. The molecule has 0 aliphatic heterocycles. The van der Waals surface area contributed by atoms with Crippen molar-refractivity contribution in [2.45, 2.75) is 13.8 Å². The van der Waals surface area contributed by atoms with Gasteiger partial charge in [-0.05, 0) is 23.8 Å². The van der Waals surface area contributed by atoms with Gasteiger partial charge >= 0.3 is 109 Å². The standard InChI is InChI=1S/C18H15P.C13H14NO.Au/c1-4-10-16(11-5-1)19(17-12-6-2-7-13-17)18-14-8-3-9-15-18;1-4-11-8-7-9-12(10-11)13(15)14(5-2)6-3;/h1-15H;7-10H,5-6H2,2-3H3;. The van der Waals surface area contributed by atoms with Gasteiger partial charge in [-0.2, -0.15) is 0 Å². The van der Waals surface area contributed by atoms with Crippen LogP contribution >= 0.6 is 7.92 Å². The van der Waals surface area contributed by atoms with Crippen molar-refractivity contribution in [2.24, 2.45) is 0 Å². The van der Waals surface area contributed by atoms with Crippen LogP contribution in [-0.2, 0) is 21.1 Å². The quantitative estimate of drug-likeness (QED) is 0.153. The third-order valence-corrected chi connectivity index (χ3v) is 8.10. The number of rotatable bonds is 6. The molecule has 0 aliphatic carbocycles. The molecule has 0 spiro atoms. The minimum atomic E-state index is -0.446. The Balaban J connectivity index is 0.000000199. The Hall–Kier alpha value is -2.92. The van der Waals surface area contributed by atoms with Crippen LogP contribution in [0.3, 0.4) is 0 Å². The van der Waals surface area contributed by atoms with E-state index in [1.54, 1.807) is 4.90 Å². The van der Waals surface area contributed by atoms with Crippen molar-refractivity contribution < 1.29 is 25.9 Å². The first kappa shape index (κ1) is 26.7. The molecule has 35 heavy (non-hydrogen) atoms. The topological polar surface area (TPSA) is 20.3 Å². The molecule has 0 aliphatic rings. The normalized spacial score (nSPS) is 9.97. The Labute approximate surface area is 223 Å². The molecule has 0 fully saturated rings. The Kier molecular flexibility index (Phi) is 11.0. The number of benzene rings is 4. The minimum Gasteiger partial charge on any atom is -0.0622 e. The van der Waals surface area contributed by atoms with Crippen LogP contribution in [0.2, 0.25) is 0 Å². The van der Waals surface area contributed by atoms with Gasteiger partial charge < -0.3 is 0 Å². The predicted molar refractivity (Wildman–Crippen MR) is 146 cm³/mol. The number of amides is 1. The third-order valence-electron chi connectivity index (χ3n) is 5.39. The van der Waals surface area contributed by atoms with E-state index >= 15 is 0 Å². The molecule has 0 N–H and O–H groups in total. The number of nitrogens with zero attached hydrogens (tertiary/aromatic N) is 1. The van der Waals surface area contributed by atoms with E-state index in [2.05, 4.69) is 122 Å². The Morgan fingerprint density at radius 2 is 1.17 bits per heavy atom. The van der Waals surface area contributed by atoms with Gasteiger partial charge in [0.25, 0.3) is 0 Å². The summed E-state index contributed by atoms with van der Waals surface area (Å²) in [6.45, 7) is 5.43. The monoisotopic (exact) mass is 659 g/mol. The number of carbonyl (C=O) groups is 1. The summed E-state index contributed by atoms with van der Waals surface area (Å²) in [6, 6.07) is 39.8. The maximum absolute atomic E-state index is 12.0. The molecule has 0 saturated carbocycles. The van der Waals surface area contributed by atoms with Crippen LogP contribution in [0.15, 0.2) is 115 Å². The van der Waals surface area contributed by atoms with Gasteiger partial charge in [0.05, 0.1) is 0 Å². The van der Waals surface area contributed by atoms with Crippen molar-refractivity contribution in [3.63, 3.8) is 0 Å². The molecule has 0 atom stereocenters. The second-order valence-electron chi connectivity index (χ2n) is 7.60. The second-order valence-corrected chi connectivity index (χ2v) is 10.4. The van der Waals surface area contributed by atoms with Crippen molar-refractivity contribution in [3.05, 3.63) is 126 Å². The van der Waals surface area contributed by atoms with Crippen molar-refractivity contribution in [1.82, 2.24) is 4.90 Å². The van der Waals surface area contributed by atoms with Crippen LogP contribution in [0.1, 0.15) is 29.8 Å². The summed E-state index contributed by atoms with van der Waals surface area (Å²) in [5, 5.41) is 4.19. The fraction of sp³-hybridized carbons (Fsp3) is 0.129. The summed E-state index contributed by atoms with van der Waals surface area (Å²) < 4.78 is 2.78. The van der Waals surface area contributed by atoms with Crippen LogP contribution in [0.5, 0.6) is 0 Å². The Morgan fingerprint density at radius 1 is 0.714 bits per heavy atom. The minimum absolute atomic E-state index is 0.0693. The van der Waals surface area contributed by atoms with E-state index in [-0.39, 0.29) is 5.91 Å². The molecular formula is C31H29AuNOP. The second kappa shape index (κ2) is 14.5. The fourth-order valence-corrected chi connectivity index (χ4v) is 6.26. The third kappa shape index (κ3) is 7.79. The predicted octanol–water partition coefficient (Wildman–Crippen LogP) is 5.47. The molecule has 4 rings (SSSR count). The summed E-state index contributed by atoms with van der Waals surface area (Å²) in [7, 11) is -0.446. The molecule has 0 bridgehead atoms. The summed E-state index contributed by atoms with van der Waals surface area (Å²) >= 11 is 2.16. The molecule has 180 valence electrons. The molecule has 2 nitrogen and oxygen atoms in total. The number of hydrogen-bond acceptors (Lipinski definition) is 1. The SMILES string of the molecule is CCN(CC)C(=O)c1cccc(C#[C][Au])c1.c1ccc(P(c2ccccc2)c2ccccc2)cc1. The first-order valence-corrected chi connectivity index (χ1v) is 14.0. The van der Waals surface area contributed by atoms with Gasteiger partial charge in [-0.1, -0.05) is 91.0 Å². The Morgan fingerprint density at radius 3 is 1.57 bits per heavy atom. The summed E-state index contributed by atoms with van der Waals surface area (Å²) in [5.74, 6) is 3.00. The van der Waals surface area contributed by atoms with Crippen molar-refractivity contribution in [3.8, 4) is 10.1 Å². The van der Waals surface area contributed by atoms with Crippen LogP contribution in [0, 0.1) is 10.1 Å². The maximum atomic E-state index is 12.0. The largest absolute Gasteiger partial charge is 0.0622 e. The van der Waals surface area contributed by atoms with Crippen molar-refractivity contribution in [1.29, 1.82) is 0 Å². The molecule has 4 aromatic rings. The molecule has 0 heterocycles. The van der Waals surface area contributed by atoms with E-state index in [1.165, 1.54) is 15.9 Å². The van der Waals surface area contributed by atoms with Crippen LogP contribution in [0.4, 0.5) is 0 Å². The molecular weight excluding hydrogens is 630 g/mol. The van der Waals surface area contributed by atoms with E-state index < -0.39 is 7.92 Å². The molecule has 0 radical (unpaired) electrons. The average Bonchev–Trinajstić information content (AvgIpc) is 2.92. The molecule has 0 aromatic heterocycles. The van der Waals surface area contributed by atoms with Gasteiger partial charge in [-0.25, -0.2) is 0 Å². The fourth-order valence-electron chi connectivity index (χ4n) is 3.65. The smallest absolute Gasteiger partial charge is 0.0134 e.